The molecule has 0 aromatic carbocycles. The summed E-state index contributed by atoms with van der Waals surface area (Å²) in [5.74, 6) is 0.365. The molecule has 0 spiro atoms. The third-order valence-corrected chi connectivity index (χ3v) is 3.03. The van der Waals surface area contributed by atoms with Crippen molar-refractivity contribution in [2.75, 3.05) is 20.2 Å². The van der Waals surface area contributed by atoms with Gasteiger partial charge in [-0.3, -0.25) is 9.88 Å². The molecule has 2 heterocycles. The van der Waals surface area contributed by atoms with E-state index in [1.807, 2.05) is 12.3 Å². The molecule has 1 aliphatic rings. The fourth-order valence-corrected chi connectivity index (χ4v) is 2.30. The molecule has 0 bridgehead atoms. The van der Waals surface area contributed by atoms with Crippen LogP contribution in [-0.4, -0.2) is 35.2 Å². The van der Waals surface area contributed by atoms with Crippen LogP contribution in [0.5, 0.6) is 0 Å². The smallest absolute Gasteiger partial charge is 0.0478 e. The molecule has 0 aliphatic carbocycles. The Hall–Kier alpha value is -0.930. The topological polar surface area (TPSA) is 36.4 Å². The molecule has 3 nitrogen and oxygen atoms in total. The van der Waals surface area contributed by atoms with E-state index in [9.17, 15) is 5.11 Å². The highest BCUT2D eigenvalue weighted by Crippen LogP contribution is 2.34. The van der Waals surface area contributed by atoms with Crippen molar-refractivity contribution in [3.8, 4) is 0 Å². The minimum atomic E-state index is 0.268. The lowest BCUT2D eigenvalue weighted by atomic mass is 9.96. The third-order valence-electron chi connectivity index (χ3n) is 3.03. The van der Waals surface area contributed by atoms with E-state index in [4.69, 9.17) is 0 Å². The Balaban J connectivity index is 2.23. The molecule has 1 aromatic heterocycles. The van der Waals surface area contributed by atoms with Crippen LogP contribution in [0.25, 0.3) is 0 Å². The summed E-state index contributed by atoms with van der Waals surface area (Å²) in [6, 6.07) is 4.38. The van der Waals surface area contributed by atoms with Crippen LogP contribution in [-0.2, 0) is 0 Å². The van der Waals surface area contributed by atoms with Gasteiger partial charge in [0.05, 0.1) is 0 Å². The second-order valence-electron chi connectivity index (χ2n) is 3.94. The maximum absolute atomic E-state index is 9.27. The zero-order valence-corrected chi connectivity index (χ0v) is 8.43. The number of hydrogen-bond donors (Lipinski definition) is 1. The SMILES string of the molecule is CN1CCC(CO)[C@H]1c1cccnc1. The van der Waals surface area contributed by atoms with Gasteiger partial charge in [-0.05, 0) is 31.6 Å². The highest BCUT2D eigenvalue weighted by atomic mass is 16.3. The van der Waals surface area contributed by atoms with Gasteiger partial charge in [0.2, 0.25) is 0 Å². The van der Waals surface area contributed by atoms with E-state index in [-0.39, 0.29) is 6.61 Å². The molecule has 0 saturated carbocycles. The Morgan fingerprint density at radius 3 is 3.14 bits per heavy atom. The van der Waals surface area contributed by atoms with Crippen molar-refractivity contribution in [1.82, 2.24) is 9.88 Å². The van der Waals surface area contributed by atoms with E-state index in [1.54, 1.807) is 6.20 Å². The second-order valence-corrected chi connectivity index (χ2v) is 3.94. The lowest BCUT2D eigenvalue weighted by Crippen LogP contribution is -2.22. The van der Waals surface area contributed by atoms with E-state index in [1.165, 1.54) is 5.56 Å². The molecule has 3 heteroatoms. The summed E-state index contributed by atoms with van der Waals surface area (Å²) in [6.45, 7) is 1.33. The lowest BCUT2D eigenvalue weighted by Gasteiger charge is -2.23. The molecular weight excluding hydrogens is 176 g/mol. The maximum Gasteiger partial charge on any atom is 0.0478 e. The van der Waals surface area contributed by atoms with Crippen molar-refractivity contribution in [2.45, 2.75) is 12.5 Å². The Morgan fingerprint density at radius 2 is 2.50 bits per heavy atom. The van der Waals surface area contributed by atoms with Crippen molar-refractivity contribution >= 4 is 0 Å². The highest BCUT2D eigenvalue weighted by Gasteiger charge is 2.32. The first-order valence-electron chi connectivity index (χ1n) is 5.04. The first kappa shape index (κ1) is 9.62. The summed E-state index contributed by atoms with van der Waals surface area (Å²) in [6.07, 6.45) is 4.76. The zero-order valence-electron chi connectivity index (χ0n) is 8.43. The van der Waals surface area contributed by atoms with Crippen LogP contribution in [0.2, 0.25) is 0 Å². The van der Waals surface area contributed by atoms with E-state index in [0.717, 1.165) is 13.0 Å². The molecule has 1 N–H and O–H groups in total. The van der Waals surface area contributed by atoms with Crippen molar-refractivity contribution in [1.29, 1.82) is 0 Å². The van der Waals surface area contributed by atoms with Gasteiger partial charge in [0, 0.05) is 31.0 Å². The number of pyridine rings is 1. The average molecular weight is 192 g/mol. The Kier molecular flexibility index (Phi) is 2.79. The summed E-state index contributed by atoms with van der Waals surface area (Å²) in [5.41, 5.74) is 1.21. The number of aliphatic hydroxyl groups excluding tert-OH is 1. The van der Waals surface area contributed by atoms with Crippen molar-refractivity contribution in [3.05, 3.63) is 30.1 Å². The maximum atomic E-state index is 9.27. The molecule has 2 atom stereocenters. The minimum absolute atomic E-state index is 0.268. The van der Waals surface area contributed by atoms with Gasteiger partial charge in [0.25, 0.3) is 0 Å². The lowest BCUT2D eigenvalue weighted by molar-refractivity contribution is 0.182. The van der Waals surface area contributed by atoms with Crippen LogP contribution in [0.3, 0.4) is 0 Å². The molecule has 14 heavy (non-hydrogen) atoms. The van der Waals surface area contributed by atoms with Crippen LogP contribution in [0, 0.1) is 5.92 Å². The van der Waals surface area contributed by atoms with Gasteiger partial charge < -0.3 is 5.11 Å². The van der Waals surface area contributed by atoms with Gasteiger partial charge in [0.15, 0.2) is 0 Å². The monoisotopic (exact) mass is 192 g/mol. The van der Waals surface area contributed by atoms with Gasteiger partial charge in [-0.15, -0.1) is 0 Å². The molecule has 1 fully saturated rings. The molecule has 76 valence electrons. The van der Waals surface area contributed by atoms with Crippen molar-refractivity contribution in [3.63, 3.8) is 0 Å². The first-order chi connectivity index (χ1) is 6.83. The van der Waals surface area contributed by atoms with Crippen LogP contribution >= 0.6 is 0 Å². The number of aromatic nitrogens is 1. The quantitative estimate of drug-likeness (QED) is 0.761. The normalized spacial score (nSPS) is 28.1. The second kappa shape index (κ2) is 4.07. The predicted molar refractivity (Wildman–Crippen MR) is 54.8 cm³/mol. The summed E-state index contributed by atoms with van der Waals surface area (Å²) in [7, 11) is 2.10. The Bertz CT molecular complexity index is 289. The number of hydrogen-bond acceptors (Lipinski definition) is 3. The van der Waals surface area contributed by atoms with Gasteiger partial charge in [-0.1, -0.05) is 6.07 Å². The number of likely N-dealkylation sites (tertiary alicyclic amines) is 1. The van der Waals surface area contributed by atoms with Gasteiger partial charge >= 0.3 is 0 Å². The van der Waals surface area contributed by atoms with Gasteiger partial charge in [-0.25, -0.2) is 0 Å². The number of rotatable bonds is 2. The first-order valence-corrected chi connectivity index (χ1v) is 5.04. The summed E-state index contributed by atoms with van der Waals surface area (Å²) >= 11 is 0. The fraction of sp³-hybridized carbons (Fsp3) is 0.545. The average Bonchev–Trinajstić information content (AvgIpc) is 2.61. The third kappa shape index (κ3) is 1.65. The number of nitrogens with zero attached hydrogens (tertiary/aromatic N) is 2. The fourth-order valence-electron chi connectivity index (χ4n) is 2.30. The predicted octanol–water partition coefficient (Wildman–Crippen LogP) is 1.07. The molecule has 1 unspecified atom stereocenters. The highest BCUT2D eigenvalue weighted by molar-refractivity contribution is 5.16. The summed E-state index contributed by atoms with van der Waals surface area (Å²) in [5, 5.41) is 9.27. The van der Waals surface area contributed by atoms with E-state index in [0.29, 0.717) is 12.0 Å². The molecule has 0 amide bonds. The minimum Gasteiger partial charge on any atom is -0.396 e. The Labute approximate surface area is 84.4 Å². The Morgan fingerprint density at radius 1 is 1.64 bits per heavy atom. The van der Waals surface area contributed by atoms with Crippen molar-refractivity contribution < 1.29 is 5.11 Å². The molecular formula is C11H16N2O. The van der Waals surface area contributed by atoms with E-state index in [2.05, 4.69) is 23.0 Å². The van der Waals surface area contributed by atoms with E-state index >= 15 is 0 Å². The standard InChI is InChI=1S/C11H16N2O/c1-13-6-4-10(8-14)11(13)9-3-2-5-12-7-9/h2-3,5,7,10-11,14H,4,6,8H2,1H3/t10?,11-/m1/s1. The zero-order chi connectivity index (χ0) is 9.97. The summed E-state index contributed by atoms with van der Waals surface area (Å²) in [4.78, 5) is 6.41. The van der Waals surface area contributed by atoms with Gasteiger partial charge in [-0.2, -0.15) is 0 Å². The largest absolute Gasteiger partial charge is 0.396 e. The molecule has 1 aliphatic heterocycles. The van der Waals surface area contributed by atoms with Gasteiger partial charge in [0.1, 0.15) is 0 Å². The van der Waals surface area contributed by atoms with Crippen LogP contribution in [0.1, 0.15) is 18.0 Å². The van der Waals surface area contributed by atoms with Crippen LogP contribution in [0.15, 0.2) is 24.5 Å². The molecule has 0 radical (unpaired) electrons. The van der Waals surface area contributed by atoms with Crippen molar-refractivity contribution in [2.24, 2.45) is 5.92 Å². The van der Waals surface area contributed by atoms with Crippen LogP contribution < -0.4 is 0 Å². The number of aliphatic hydroxyl groups is 1. The summed E-state index contributed by atoms with van der Waals surface area (Å²) < 4.78 is 0. The molecule has 1 aromatic rings. The molecule has 1 saturated heterocycles. The molecule has 2 rings (SSSR count). The van der Waals surface area contributed by atoms with E-state index < -0.39 is 0 Å². The van der Waals surface area contributed by atoms with Crippen LogP contribution in [0.4, 0.5) is 0 Å².